The average Bonchev–Trinajstić information content (AvgIpc) is 2.26. The molecular weight excluding hydrogens is 208 g/mol. The molecule has 2 N–H and O–H groups in total. The molecule has 2 nitrogen and oxygen atoms in total. The van der Waals surface area contributed by atoms with Gasteiger partial charge >= 0.3 is 0 Å². The van der Waals surface area contributed by atoms with E-state index < -0.39 is 0 Å². The zero-order valence-corrected chi connectivity index (χ0v) is 11.7. The second-order valence-electron chi connectivity index (χ2n) is 7.58. The molecule has 2 heteroatoms. The minimum absolute atomic E-state index is 0.521. The fourth-order valence-corrected chi connectivity index (χ4v) is 5.63. The van der Waals surface area contributed by atoms with Crippen molar-refractivity contribution in [1.29, 1.82) is 0 Å². The minimum Gasteiger partial charge on any atom is -0.330 e. The number of rotatable bonds is 3. The van der Waals surface area contributed by atoms with E-state index in [0.29, 0.717) is 16.9 Å². The van der Waals surface area contributed by atoms with Crippen LogP contribution in [0.3, 0.4) is 0 Å². The minimum atomic E-state index is 0.521. The quantitative estimate of drug-likeness (QED) is 0.815. The summed E-state index contributed by atoms with van der Waals surface area (Å²) < 4.78 is 0. The molecule has 0 aromatic rings. The summed E-state index contributed by atoms with van der Waals surface area (Å²) in [5.41, 5.74) is 7.11. The Morgan fingerprint density at radius 2 is 1.76 bits per heavy atom. The molecule has 0 saturated heterocycles. The van der Waals surface area contributed by atoms with Crippen molar-refractivity contribution in [3.05, 3.63) is 0 Å². The van der Waals surface area contributed by atoms with Crippen molar-refractivity contribution in [2.45, 2.75) is 51.0 Å². The van der Waals surface area contributed by atoms with Gasteiger partial charge in [-0.25, -0.2) is 0 Å². The summed E-state index contributed by atoms with van der Waals surface area (Å²) in [6.07, 6.45) is 8.77. The van der Waals surface area contributed by atoms with E-state index in [4.69, 9.17) is 5.73 Å². The van der Waals surface area contributed by atoms with Crippen LogP contribution in [0.2, 0.25) is 0 Å². The lowest BCUT2D eigenvalue weighted by Gasteiger charge is -2.65. The van der Waals surface area contributed by atoms with Gasteiger partial charge in [0.1, 0.15) is 0 Å². The first-order valence-corrected chi connectivity index (χ1v) is 7.37. The van der Waals surface area contributed by atoms with E-state index in [-0.39, 0.29) is 0 Å². The number of nitrogens with zero attached hydrogens (tertiary/aromatic N) is 1. The third-order valence-electron chi connectivity index (χ3n) is 6.42. The van der Waals surface area contributed by atoms with Gasteiger partial charge in [0.15, 0.2) is 0 Å². The molecule has 0 spiro atoms. The van der Waals surface area contributed by atoms with Gasteiger partial charge in [-0.3, -0.25) is 0 Å². The van der Waals surface area contributed by atoms with E-state index in [1.165, 1.54) is 38.5 Å². The smallest absolute Gasteiger partial charge is 0.0214 e. The van der Waals surface area contributed by atoms with Crippen LogP contribution in [0, 0.1) is 23.2 Å². The Bertz CT molecular complexity index is 296. The summed E-state index contributed by atoms with van der Waals surface area (Å²) in [6, 6.07) is 0. The molecule has 0 amide bonds. The van der Waals surface area contributed by atoms with Crippen LogP contribution >= 0.6 is 0 Å². The van der Waals surface area contributed by atoms with Crippen molar-refractivity contribution < 1.29 is 0 Å². The zero-order chi connectivity index (χ0) is 12.3. The SMILES string of the molecule is CC(CN)C12CC3CC(C1)CC(N(C)C)(C3)C2. The Kier molecular flexibility index (Phi) is 2.61. The first-order chi connectivity index (χ1) is 8.00. The summed E-state index contributed by atoms with van der Waals surface area (Å²) in [7, 11) is 4.60. The summed E-state index contributed by atoms with van der Waals surface area (Å²) in [5.74, 6) is 2.70. The summed E-state index contributed by atoms with van der Waals surface area (Å²) in [4.78, 5) is 2.54. The molecule has 4 bridgehead atoms. The predicted molar refractivity (Wildman–Crippen MR) is 71.8 cm³/mol. The van der Waals surface area contributed by atoms with Gasteiger partial charge in [0.05, 0.1) is 0 Å². The Morgan fingerprint density at radius 3 is 2.24 bits per heavy atom. The van der Waals surface area contributed by atoms with E-state index >= 15 is 0 Å². The van der Waals surface area contributed by atoms with Crippen LogP contribution in [0.4, 0.5) is 0 Å². The van der Waals surface area contributed by atoms with Gasteiger partial charge in [-0.2, -0.15) is 0 Å². The topological polar surface area (TPSA) is 29.3 Å². The number of nitrogens with two attached hydrogens (primary N) is 1. The third kappa shape index (κ3) is 1.60. The highest BCUT2D eigenvalue weighted by Crippen LogP contribution is 2.65. The van der Waals surface area contributed by atoms with E-state index in [9.17, 15) is 0 Å². The maximum atomic E-state index is 6.00. The average molecular weight is 236 g/mol. The lowest BCUT2D eigenvalue weighted by molar-refractivity contribution is -0.138. The lowest BCUT2D eigenvalue weighted by Crippen LogP contribution is -2.63. The zero-order valence-electron chi connectivity index (χ0n) is 11.7. The van der Waals surface area contributed by atoms with Gasteiger partial charge in [-0.15, -0.1) is 0 Å². The van der Waals surface area contributed by atoms with Crippen LogP contribution < -0.4 is 5.73 Å². The van der Waals surface area contributed by atoms with E-state index in [2.05, 4.69) is 25.9 Å². The highest BCUT2D eigenvalue weighted by molar-refractivity contribution is 5.12. The van der Waals surface area contributed by atoms with Gasteiger partial charge in [-0.1, -0.05) is 6.92 Å². The molecule has 3 atom stereocenters. The molecule has 4 aliphatic rings. The summed E-state index contributed by atoms with van der Waals surface area (Å²) >= 11 is 0. The molecule has 3 unspecified atom stereocenters. The molecule has 4 rings (SSSR count). The van der Waals surface area contributed by atoms with E-state index in [0.717, 1.165) is 18.4 Å². The molecule has 0 aliphatic heterocycles. The molecular formula is C15H28N2. The predicted octanol–water partition coefficient (Wildman–Crippen LogP) is 2.48. The second kappa shape index (κ2) is 3.71. The number of hydrogen-bond acceptors (Lipinski definition) is 2. The van der Waals surface area contributed by atoms with Crippen LogP contribution in [-0.2, 0) is 0 Å². The molecule has 4 aliphatic carbocycles. The van der Waals surface area contributed by atoms with Crippen LogP contribution in [0.1, 0.15) is 45.4 Å². The molecule has 0 radical (unpaired) electrons. The third-order valence-corrected chi connectivity index (χ3v) is 6.42. The summed E-state index contributed by atoms with van der Waals surface area (Å²) in [5, 5.41) is 0. The van der Waals surface area contributed by atoms with Crippen molar-refractivity contribution in [2.75, 3.05) is 20.6 Å². The van der Waals surface area contributed by atoms with Gasteiger partial charge in [0.2, 0.25) is 0 Å². The first kappa shape index (κ1) is 12.0. The van der Waals surface area contributed by atoms with Crippen molar-refractivity contribution in [2.24, 2.45) is 28.9 Å². The Morgan fingerprint density at radius 1 is 1.18 bits per heavy atom. The maximum absolute atomic E-state index is 6.00. The molecule has 4 fully saturated rings. The van der Waals surface area contributed by atoms with E-state index in [1.807, 2.05) is 0 Å². The van der Waals surface area contributed by atoms with Crippen molar-refractivity contribution in [3.8, 4) is 0 Å². The van der Waals surface area contributed by atoms with E-state index in [1.54, 1.807) is 0 Å². The summed E-state index contributed by atoms with van der Waals surface area (Å²) in [6.45, 7) is 3.28. The second-order valence-corrected chi connectivity index (χ2v) is 7.58. The van der Waals surface area contributed by atoms with Crippen LogP contribution in [0.15, 0.2) is 0 Å². The fourth-order valence-electron chi connectivity index (χ4n) is 5.63. The highest BCUT2D eigenvalue weighted by Gasteiger charge is 2.59. The lowest BCUT2D eigenvalue weighted by atomic mass is 9.44. The van der Waals surface area contributed by atoms with Gasteiger partial charge in [0.25, 0.3) is 0 Å². The molecule has 4 saturated carbocycles. The van der Waals surface area contributed by atoms with Gasteiger partial charge in [-0.05, 0) is 82.3 Å². The van der Waals surface area contributed by atoms with Gasteiger partial charge < -0.3 is 10.6 Å². The van der Waals surface area contributed by atoms with Crippen molar-refractivity contribution in [1.82, 2.24) is 4.90 Å². The Balaban J connectivity index is 1.94. The monoisotopic (exact) mass is 236 g/mol. The number of hydrogen-bond donors (Lipinski definition) is 1. The highest BCUT2D eigenvalue weighted by atomic mass is 15.2. The largest absolute Gasteiger partial charge is 0.330 e. The normalized spacial score (nSPS) is 49.9. The van der Waals surface area contributed by atoms with Crippen molar-refractivity contribution >= 4 is 0 Å². The first-order valence-electron chi connectivity index (χ1n) is 7.37. The maximum Gasteiger partial charge on any atom is 0.0214 e. The molecule has 0 aromatic heterocycles. The van der Waals surface area contributed by atoms with Gasteiger partial charge in [0, 0.05) is 5.54 Å². The standard InChI is InChI=1S/C15H28N2/c1-11(9-16)14-5-12-4-13(6-14)8-15(7-12,10-14)17(2)3/h11-13H,4-10,16H2,1-3H3. The molecule has 98 valence electrons. The van der Waals surface area contributed by atoms with Crippen LogP contribution in [0.5, 0.6) is 0 Å². The Hall–Kier alpha value is -0.0800. The fraction of sp³-hybridized carbons (Fsp3) is 1.00. The van der Waals surface area contributed by atoms with Crippen LogP contribution in [0.25, 0.3) is 0 Å². The van der Waals surface area contributed by atoms with Crippen LogP contribution in [-0.4, -0.2) is 31.1 Å². The van der Waals surface area contributed by atoms with Crippen molar-refractivity contribution in [3.63, 3.8) is 0 Å². The molecule has 0 heterocycles. The Labute approximate surface area is 106 Å². The molecule has 17 heavy (non-hydrogen) atoms. The molecule has 0 aromatic carbocycles.